The standard InChI is InChI=1S/C17H18N2O3S/c1-12-19-15(11-23-12)14-4-2-13(3-5-14)6-7-18-17(20)16-10-21-8-9-22-16/h2-5,10-11H,6-9H2,1H3,(H,18,20). The van der Waals surface area contributed by atoms with Crippen LogP contribution in [0, 0.1) is 6.92 Å². The molecule has 0 unspecified atom stereocenters. The average Bonchev–Trinajstić information content (AvgIpc) is 3.03. The first-order valence-electron chi connectivity index (χ1n) is 7.46. The molecule has 0 saturated carbocycles. The van der Waals surface area contributed by atoms with E-state index in [1.54, 1.807) is 11.3 Å². The molecular formula is C17H18N2O3S. The van der Waals surface area contributed by atoms with E-state index in [1.807, 2.05) is 6.92 Å². The predicted molar refractivity (Wildman–Crippen MR) is 89.0 cm³/mol. The van der Waals surface area contributed by atoms with E-state index in [0.29, 0.717) is 19.8 Å². The highest BCUT2D eigenvalue weighted by molar-refractivity contribution is 7.09. The highest BCUT2D eigenvalue weighted by Gasteiger charge is 2.14. The molecule has 6 heteroatoms. The Labute approximate surface area is 139 Å². The van der Waals surface area contributed by atoms with E-state index in [1.165, 1.54) is 6.26 Å². The van der Waals surface area contributed by atoms with Gasteiger partial charge in [0.15, 0.2) is 0 Å². The lowest BCUT2D eigenvalue weighted by Crippen LogP contribution is -2.30. The molecular weight excluding hydrogens is 312 g/mol. The summed E-state index contributed by atoms with van der Waals surface area (Å²) < 4.78 is 10.3. The van der Waals surface area contributed by atoms with Gasteiger partial charge >= 0.3 is 0 Å². The molecule has 0 saturated heterocycles. The molecule has 0 bridgehead atoms. The van der Waals surface area contributed by atoms with Crippen molar-refractivity contribution in [1.82, 2.24) is 10.3 Å². The topological polar surface area (TPSA) is 60.5 Å². The van der Waals surface area contributed by atoms with Gasteiger partial charge in [-0.1, -0.05) is 24.3 Å². The van der Waals surface area contributed by atoms with E-state index in [9.17, 15) is 4.79 Å². The van der Waals surface area contributed by atoms with Gasteiger partial charge in [-0.25, -0.2) is 4.98 Å². The third kappa shape index (κ3) is 4.10. The zero-order chi connectivity index (χ0) is 16.1. The van der Waals surface area contributed by atoms with Gasteiger partial charge in [0.1, 0.15) is 19.5 Å². The van der Waals surface area contributed by atoms with E-state index in [0.717, 1.165) is 28.2 Å². The summed E-state index contributed by atoms with van der Waals surface area (Å²) in [4.78, 5) is 16.3. The molecule has 0 spiro atoms. The van der Waals surface area contributed by atoms with Crippen molar-refractivity contribution in [3.8, 4) is 11.3 Å². The van der Waals surface area contributed by atoms with Crippen molar-refractivity contribution >= 4 is 17.2 Å². The molecule has 1 aromatic heterocycles. The zero-order valence-electron chi connectivity index (χ0n) is 12.9. The van der Waals surface area contributed by atoms with Gasteiger partial charge in [-0.3, -0.25) is 4.79 Å². The number of hydrogen-bond acceptors (Lipinski definition) is 5. The second-order valence-corrected chi connectivity index (χ2v) is 6.22. The Kier molecular flexibility index (Phi) is 4.92. The number of nitrogens with zero attached hydrogens (tertiary/aromatic N) is 1. The highest BCUT2D eigenvalue weighted by Crippen LogP contribution is 2.21. The predicted octanol–water partition coefficient (Wildman–Crippen LogP) is 2.67. The van der Waals surface area contributed by atoms with Crippen LogP contribution < -0.4 is 5.32 Å². The van der Waals surface area contributed by atoms with Gasteiger partial charge in [0.05, 0.1) is 10.7 Å². The minimum atomic E-state index is -0.237. The molecule has 2 heterocycles. The smallest absolute Gasteiger partial charge is 0.289 e. The Morgan fingerprint density at radius 3 is 2.78 bits per heavy atom. The molecule has 1 amide bonds. The number of carbonyl (C=O) groups excluding carboxylic acids is 1. The molecule has 0 fully saturated rings. The average molecular weight is 330 g/mol. The highest BCUT2D eigenvalue weighted by atomic mass is 32.1. The van der Waals surface area contributed by atoms with E-state index >= 15 is 0 Å². The number of benzene rings is 1. The normalized spacial score (nSPS) is 13.7. The summed E-state index contributed by atoms with van der Waals surface area (Å²) in [5.41, 5.74) is 3.28. The molecule has 1 aromatic carbocycles. The van der Waals surface area contributed by atoms with Crippen molar-refractivity contribution in [3.63, 3.8) is 0 Å². The first-order chi connectivity index (χ1) is 11.2. The van der Waals surface area contributed by atoms with Crippen LogP contribution in [0.5, 0.6) is 0 Å². The number of nitrogens with one attached hydrogen (secondary N) is 1. The van der Waals surface area contributed by atoms with Crippen molar-refractivity contribution < 1.29 is 14.3 Å². The molecule has 1 aliphatic rings. The van der Waals surface area contributed by atoms with Crippen molar-refractivity contribution in [2.24, 2.45) is 0 Å². The van der Waals surface area contributed by atoms with E-state index in [4.69, 9.17) is 9.47 Å². The van der Waals surface area contributed by atoms with Crippen LogP contribution in [-0.4, -0.2) is 30.6 Å². The lowest BCUT2D eigenvalue weighted by atomic mass is 10.1. The maximum Gasteiger partial charge on any atom is 0.289 e. The van der Waals surface area contributed by atoms with Crippen LogP contribution in [0.25, 0.3) is 11.3 Å². The van der Waals surface area contributed by atoms with Crippen LogP contribution in [0.15, 0.2) is 41.7 Å². The zero-order valence-corrected chi connectivity index (χ0v) is 13.7. The second kappa shape index (κ2) is 7.28. The number of aromatic nitrogens is 1. The van der Waals surface area contributed by atoms with Crippen LogP contribution in [0.1, 0.15) is 10.6 Å². The molecule has 5 nitrogen and oxygen atoms in total. The molecule has 3 rings (SSSR count). The van der Waals surface area contributed by atoms with Gasteiger partial charge < -0.3 is 14.8 Å². The number of aryl methyl sites for hydroxylation is 1. The molecule has 120 valence electrons. The van der Waals surface area contributed by atoms with Gasteiger partial charge in [-0.05, 0) is 18.9 Å². The molecule has 2 aromatic rings. The summed E-state index contributed by atoms with van der Waals surface area (Å²) in [7, 11) is 0. The quantitative estimate of drug-likeness (QED) is 0.915. The van der Waals surface area contributed by atoms with Gasteiger partial charge in [0.2, 0.25) is 5.76 Å². The number of amides is 1. The molecule has 1 N–H and O–H groups in total. The minimum absolute atomic E-state index is 0.237. The maximum absolute atomic E-state index is 11.8. The number of rotatable bonds is 5. The molecule has 0 aliphatic carbocycles. The van der Waals surface area contributed by atoms with Crippen LogP contribution in [0.3, 0.4) is 0 Å². The summed E-state index contributed by atoms with van der Waals surface area (Å²) in [6.07, 6.45) is 2.12. The third-order valence-electron chi connectivity index (χ3n) is 3.44. The van der Waals surface area contributed by atoms with E-state index < -0.39 is 0 Å². The lowest BCUT2D eigenvalue weighted by molar-refractivity contribution is -0.122. The van der Waals surface area contributed by atoms with Crippen molar-refractivity contribution in [3.05, 3.63) is 52.2 Å². The number of hydrogen-bond donors (Lipinski definition) is 1. The Morgan fingerprint density at radius 1 is 1.30 bits per heavy atom. The summed E-state index contributed by atoms with van der Waals surface area (Å²) >= 11 is 1.65. The fourth-order valence-electron chi connectivity index (χ4n) is 2.23. The lowest BCUT2D eigenvalue weighted by Gasteiger charge is -2.15. The van der Waals surface area contributed by atoms with Crippen molar-refractivity contribution in [1.29, 1.82) is 0 Å². The van der Waals surface area contributed by atoms with Gasteiger partial charge in [-0.2, -0.15) is 0 Å². The van der Waals surface area contributed by atoms with Crippen molar-refractivity contribution in [2.75, 3.05) is 19.8 Å². The Balaban J connectivity index is 1.51. The largest absolute Gasteiger partial charge is 0.494 e. The molecule has 1 aliphatic heterocycles. The Bertz CT molecular complexity index is 707. The molecule has 23 heavy (non-hydrogen) atoms. The summed E-state index contributed by atoms with van der Waals surface area (Å²) in [6.45, 7) is 3.45. The van der Waals surface area contributed by atoms with Gasteiger partial charge in [0.25, 0.3) is 5.91 Å². The molecule has 0 atom stereocenters. The summed E-state index contributed by atoms with van der Waals surface area (Å²) in [6, 6.07) is 8.25. The third-order valence-corrected chi connectivity index (χ3v) is 4.21. The number of thiazole rings is 1. The van der Waals surface area contributed by atoms with Gasteiger partial charge in [0, 0.05) is 17.5 Å². The Hall–Kier alpha value is -2.34. The van der Waals surface area contributed by atoms with Gasteiger partial charge in [-0.15, -0.1) is 11.3 Å². The number of carbonyl (C=O) groups is 1. The first kappa shape index (κ1) is 15.6. The van der Waals surface area contributed by atoms with Crippen LogP contribution in [-0.2, 0) is 20.7 Å². The van der Waals surface area contributed by atoms with Crippen LogP contribution >= 0.6 is 11.3 Å². The van der Waals surface area contributed by atoms with Crippen LogP contribution in [0.4, 0.5) is 0 Å². The second-order valence-electron chi connectivity index (χ2n) is 5.16. The Morgan fingerprint density at radius 2 is 2.13 bits per heavy atom. The summed E-state index contributed by atoms with van der Waals surface area (Å²) in [5.74, 6) is 0.00442. The van der Waals surface area contributed by atoms with E-state index in [-0.39, 0.29) is 11.7 Å². The van der Waals surface area contributed by atoms with Crippen molar-refractivity contribution in [2.45, 2.75) is 13.3 Å². The fraction of sp³-hybridized carbons (Fsp3) is 0.294. The maximum atomic E-state index is 11.8. The van der Waals surface area contributed by atoms with Crippen LogP contribution in [0.2, 0.25) is 0 Å². The fourth-order valence-corrected chi connectivity index (χ4v) is 2.86. The SMILES string of the molecule is Cc1nc(-c2ccc(CCNC(=O)C3=COCCO3)cc2)cs1. The first-order valence-corrected chi connectivity index (χ1v) is 8.34. The number of ether oxygens (including phenoxy) is 2. The van der Waals surface area contributed by atoms with E-state index in [2.05, 4.69) is 39.9 Å². The summed E-state index contributed by atoms with van der Waals surface area (Å²) in [5, 5.41) is 5.95. The monoisotopic (exact) mass is 330 g/mol. The molecule has 0 radical (unpaired) electrons. The minimum Gasteiger partial charge on any atom is -0.494 e.